The van der Waals surface area contributed by atoms with E-state index in [0.717, 1.165) is 27.2 Å². The van der Waals surface area contributed by atoms with Crippen LogP contribution in [0, 0.1) is 0 Å². The van der Waals surface area contributed by atoms with E-state index in [1.165, 1.54) is 43.7 Å². The van der Waals surface area contributed by atoms with Gasteiger partial charge in [0.05, 0.1) is 39.8 Å². The van der Waals surface area contributed by atoms with Crippen molar-refractivity contribution in [1.29, 1.82) is 0 Å². The molecule has 1 aromatic heterocycles. The molecule has 0 bridgehead atoms. The first kappa shape index (κ1) is 28.4. The van der Waals surface area contributed by atoms with E-state index >= 15 is 0 Å². The predicted molar refractivity (Wildman–Crippen MR) is 155 cm³/mol. The van der Waals surface area contributed by atoms with Gasteiger partial charge in [-0.25, -0.2) is 13.2 Å². The predicted octanol–water partition coefficient (Wildman–Crippen LogP) is 6.60. The number of amides is 1. The van der Waals surface area contributed by atoms with Crippen molar-refractivity contribution in [3.63, 3.8) is 0 Å². The number of methoxy groups -OCH3 is 1. The van der Waals surface area contributed by atoms with Gasteiger partial charge in [0.2, 0.25) is 0 Å². The summed E-state index contributed by atoms with van der Waals surface area (Å²) in [5, 5.41) is 3.74. The molecule has 1 N–H and O–H groups in total. The summed E-state index contributed by atoms with van der Waals surface area (Å²) in [6.07, 6.45) is 1.74. The number of nitrogens with one attached hydrogen (secondary N) is 1. The van der Waals surface area contributed by atoms with Crippen LogP contribution in [-0.2, 0) is 14.8 Å². The number of nitrogens with zero attached hydrogens (tertiary/aromatic N) is 1. The molecule has 4 aromatic rings. The Labute approximate surface area is 236 Å². The van der Waals surface area contributed by atoms with Gasteiger partial charge in [-0.2, -0.15) is 0 Å². The minimum Gasteiger partial charge on any atom is -0.495 e. The van der Waals surface area contributed by atoms with E-state index in [-0.39, 0.29) is 15.8 Å². The van der Waals surface area contributed by atoms with Crippen molar-refractivity contribution in [2.75, 3.05) is 30.4 Å². The van der Waals surface area contributed by atoms with Crippen molar-refractivity contribution < 1.29 is 27.5 Å². The van der Waals surface area contributed by atoms with Gasteiger partial charge in [0.1, 0.15) is 5.75 Å². The number of carbonyl (C=O) groups excluding carboxylic acids is 2. The van der Waals surface area contributed by atoms with Crippen LogP contribution in [0.3, 0.4) is 0 Å². The molecular weight excluding hydrogens is 560 g/mol. The van der Waals surface area contributed by atoms with Gasteiger partial charge in [0, 0.05) is 17.4 Å². The van der Waals surface area contributed by atoms with Crippen LogP contribution in [0.15, 0.2) is 71.6 Å². The molecule has 8 nitrogen and oxygen atoms in total. The topological polar surface area (TPSA) is 102 Å². The number of ether oxygens (including phenoxy) is 2. The second-order valence-corrected chi connectivity index (χ2v) is 12.1. The van der Waals surface area contributed by atoms with Gasteiger partial charge in [-0.1, -0.05) is 24.9 Å². The van der Waals surface area contributed by atoms with Crippen molar-refractivity contribution in [2.45, 2.75) is 24.7 Å². The Morgan fingerprint density at radius 2 is 1.77 bits per heavy atom. The normalized spacial score (nSPS) is 11.3. The molecule has 0 saturated carbocycles. The molecule has 1 heterocycles. The molecule has 0 spiro atoms. The summed E-state index contributed by atoms with van der Waals surface area (Å²) in [5.41, 5.74) is 1.38. The van der Waals surface area contributed by atoms with E-state index in [2.05, 4.69) is 5.32 Å². The van der Waals surface area contributed by atoms with Crippen LogP contribution in [0.25, 0.3) is 10.1 Å². The molecule has 0 fully saturated rings. The van der Waals surface area contributed by atoms with Crippen molar-refractivity contribution >= 4 is 66.3 Å². The second kappa shape index (κ2) is 12.1. The van der Waals surface area contributed by atoms with E-state index in [9.17, 15) is 18.0 Å². The summed E-state index contributed by atoms with van der Waals surface area (Å²) in [6, 6.07) is 17.7. The summed E-state index contributed by atoms with van der Waals surface area (Å²) in [7, 11) is -0.980. The second-order valence-electron chi connectivity index (χ2n) is 8.62. The Bertz CT molecular complexity index is 1620. The van der Waals surface area contributed by atoms with E-state index < -0.39 is 16.0 Å². The minimum atomic E-state index is -3.89. The van der Waals surface area contributed by atoms with Gasteiger partial charge >= 0.3 is 5.97 Å². The number of thiophene rings is 1. The molecule has 0 aliphatic carbocycles. The Morgan fingerprint density at radius 3 is 2.44 bits per heavy atom. The molecule has 0 unspecified atom stereocenters. The van der Waals surface area contributed by atoms with Crippen molar-refractivity contribution in [1.82, 2.24) is 0 Å². The molecule has 1 amide bonds. The van der Waals surface area contributed by atoms with Crippen LogP contribution in [0.5, 0.6) is 5.75 Å². The Hall–Kier alpha value is -3.60. The number of unbranched alkanes of at least 4 members (excludes halogenated alkanes) is 1. The first-order valence-electron chi connectivity index (χ1n) is 12.1. The maximum absolute atomic E-state index is 13.2. The first-order chi connectivity index (χ1) is 18.6. The van der Waals surface area contributed by atoms with Gasteiger partial charge in [-0.15, -0.1) is 11.3 Å². The SMILES string of the molecule is CCCCOC(=O)c1ccc(NC(=O)c2cc3cc(N(C)S(=O)(=O)c4ccc(OC)c(Cl)c4)ccc3s2)cc1. The quantitative estimate of drug-likeness (QED) is 0.166. The third-order valence-electron chi connectivity index (χ3n) is 5.98. The Morgan fingerprint density at radius 1 is 1.03 bits per heavy atom. The fourth-order valence-corrected chi connectivity index (χ4v) is 6.19. The molecule has 39 heavy (non-hydrogen) atoms. The summed E-state index contributed by atoms with van der Waals surface area (Å²) in [4.78, 5) is 25.5. The van der Waals surface area contributed by atoms with Crippen molar-refractivity contribution in [3.05, 3.63) is 82.2 Å². The number of sulfonamides is 1. The summed E-state index contributed by atoms with van der Waals surface area (Å²) in [5.74, 6) is -0.335. The highest BCUT2D eigenvalue weighted by molar-refractivity contribution is 7.92. The highest BCUT2D eigenvalue weighted by Gasteiger charge is 2.23. The smallest absolute Gasteiger partial charge is 0.338 e. The third kappa shape index (κ3) is 6.35. The van der Waals surface area contributed by atoms with E-state index in [0.29, 0.717) is 34.2 Å². The zero-order chi connectivity index (χ0) is 28.2. The molecule has 204 valence electrons. The first-order valence-corrected chi connectivity index (χ1v) is 14.7. The number of fused-ring (bicyclic) bond motifs is 1. The number of rotatable bonds is 10. The summed E-state index contributed by atoms with van der Waals surface area (Å²) in [6.45, 7) is 2.39. The summed E-state index contributed by atoms with van der Waals surface area (Å²) < 4.78 is 38.7. The van der Waals surface area contributed by atoms with Gasteiger partial charge in [-0.3, -0.25) is 9.10 Å². The molecule has 0 saturated heterocycles. The average molecular weight is 587 g/mol. The Kier molecular flexibility index (Phi) is 8.79. The average Bonchev–Trinajstić information content (AvgIpc) is 3.37. The molecule has 0 radical (unpaired) electrons. The molecule has 0 aliphatic heterocycles. The fraction of sp³-hybridized carbons (Fsp3) is 0.214. The number of hydrogen-bond donors (Lipinski definition) is 1. The van der Waals surface area contributed by atoms with Crippen LogP contribution >= 0.6 is 22.9 Å². The van der Waals surface area contributed by atoms with E-state index in [4.69, 9.17) is 21.1 Å². The number of esters is 1. The van der Waals surface area contributed by atoms with Crippen molar-refractivity contribution in [2.24, 2.45) is 0 Å². The highest BCUT2D eigenvalue weighted by Crippen LogP contribution is 2.33. The van der Waals surface area contributed by atoms with Crippen molar-refractivity contribution in [3.8, 4) is 5.75 Å². The maximum Gasteiger partial charge on any atom is 0.338 e. The van der Waals surface area contributed by atoms with Crippen LogP contribution in [0.2, 0.25) is 5.02 Å². The number of halogens is 1. The Balaban J connectivity index is 1.48. The van der Waals surface area contributed by atoms with Crippen LogP contribution in [0.4, 0.5) is 11.4 Å². The standard InChI is InChI=1S/C28H27ClN2O6S2/c1-4-5-14-37-28(33)18-6-8-20(9-7-18)30-27(32)26-16-19-15-21(10-13-25(19)38-26)31(2)39(34,35)22-11-12-24(36-3)23(29)17-22/h6-13,15-17H,4-5,14H2,1-3H3,(H,30,32). The number of benzene rings is 3. The lowest BCUT2D eigenvalue weighted by Gasteiger charge is -2.20. The number of carbonyl (C=O) groups is 2. The van der Waals surface area contributed by atoms with Gasteiger partial charge in [0.25, 0.3) is 15.9 Å². The van der Waals surface area contributed by atoms with Gasteiger partial charge < -0.3 is 14.8 Å². The zero-order valence-electron chi connectivity index (χ0n) is 21.6. The maximum atomic E-state index is 13.2. The highest BCUT2D eigenvalue weighted by atomic mass is 35.5. The number of hydrogen-bond acceptors (Lipinski definition) is 7. The number of anilines is 2. The lowest BCUT2D eigenvalue weighted by Crippen LogP contribution is -2.26. The zero-order valence-corrected chi connectivity index (χ0v) is 24.0. The fourth-order valence-electron chi connectivity index (χ4n) is 3.72. The van der Waals surface area contributed by atoms with Crippen LogP contribution in [0.1, 0.15) is 39.8 Å². The lowest BCUT2D eigenvalue weighted by molar-refractivity contribution is 0.0499. The van der Waals surface area contributed by atoms with Gasteiger partial charge in [0.15, 0.2) is 0 Å². The summed E-state index contributed by atoms with van der Waals surface area (Å²) >= 11 is 7.42. The van der Waals surface area contributed by atoms with Crippen LogP contribution in [-0.4, -0.2) is 41.1 Å². The lowest BCUT2D eigenvalue weighted by atomic mass is 10.2. The molecule has 0 aliphatic rings. The van der Waals surface area contributed by atoms with E-state index in [1.54, 1.807) is 48.5 Å². The largest absolute Gasteiger partial charge is 0.495 e. The third-order valence-corrected chi connectivity index (χ3v) is 9.17. The monoisotopic (exact) mass is 586 g/mol. The molecule has 4 rings (SSSR count). The van der Waals surface area contributed by atoms with E-state index in [1.807, 2.05) is 6.92 Å². The van der Waals surface area contributed by atoms with Crippen LogP contribution < -0.4 is 14.4 Å². The molecule has 0 atom stereocenters. The minimum absolute atomic E-state index is 0.0292. The molecule has 3 aromatic carbocycles. The molecular formula is C28H27ClN2O6S2. The van der Waals surface area contributed by atoms with Gasteiger partial charge in [-0.05, 0) is 78.5 Å². The molecule has 11 heteroatoms.